The molecule has 0 spiro atoms. The molecule has 0 radical (unpaired) electrons. The van der Waals surface area contributed by atoms with Gasteiger partial charge in [-0.1, -0.05) is 37.5 Å². The fraction of sp³-hybridized carbons (Fsp3) is 0.579. The van der Waals surface area contributed by atoms with Crippen LogP contribution in [-0.4, -0.2) is 27.3 Å². The van der Waals surface area contributed by atoms with Crippen LogP contribution in [-0.2, 0) is 6.67 Å². The van der Waals surface area contributed by atoms with Gasteiger partial charge in [0.05, 0.1) is 18.3 Å². The monoisotopic (exact) mass is 311 g/mol. The molecule has 0 unspecified atom stereocenters. The van der Waals surface area contributed by atoms with Gasteiger partial charge in [-0.25, -0.2) is 4.68 Å². The van der Waals surface area contributed by atoms with Gasteiger partial charge in [0.2, 0.25) is 0 Å². The largest absolute Gasteiger partial charge is 0.281 e. The molecular formula is C19H25N3O. The first kappa shape index (κ1) is 14.9. The molecule has 2 fully saturated rings. The quantitative estimate of drug-likeness (QED) is 0.872. The van der Waals surface area contributed by atoms with Gasteiger partial charge in [0.1, 0.15) is 0 Å². The molecule has 122 valence electrons. The van der Waals surface area contributed by atoms with E-state index in [1.54, 1.807) is 4.68 Å². The van der Waals surface area contributed by atoms with Gasteiger partial charge in [0, 0.05) is 18.0 Å². The van der Waals surface area contributed by atoms with E-state index in [1.165, 1.54) is 44.9 Å². The van der Waals surface area contributed by atoms with E-state index >= 15 is 0 Å². The number of nitrogens with zero attached hydrogens (tertiary/aromatic N) is 3. The second-order valence-corrected chi connectivity index (χ2v) is 7.10. The van der Waals surface area contributed by atoms with Gasteiger partial charge in [0.25, 0.3) is 5.56 Å². The Hall–Kier alpha value is -1.68. The Balaban J connectivity index is 1.57. The van der Waals surface area contributed by atoms with Crippen LogP contribution in [0.1, 0.15) is 44.9 Å². The molecule has 4 rings (SSSR count). The summed E-state index contributed by atoms with van der Waals surface area (Å²) in [7, 11) is 0. The van der Waals surface area contributed by atoms with Crippen LogP contribution in [0.2, 0.25) is 0 Å². The Kier molecular flexibility index (Phi) is 4.17. The average molecular weight is 311 g/mol. The normalized spacial score (nSPS) is 23.6. The molecule has 1 saturated carbocycles. The van der Waals surface area contributed by atoms with Gasteiger partial charge in [-0.15, -0.1) is 0 Å². The lowest BCUT2D eigenvalue weighted by Crippen LogP contribution is -2.40. The van der Waals surface area contributed by atoms with E-state index in [0.717, 1.165) is 23.2 Å². The molecule has 2 aromatic rings. The molecule has 1 saturated heterocycles. The fourth-order valence-corrected chi connectivity index (χ4v) is 4.48. The Labute approximate surface area is 137 Å². The summed E-state index contributed by atoms with van der Waals surface area (Å²) in [5, 5.41) is 6.12. The Bertz CT molecular complexity index is 733. The van der Waals surface area contributed by atoms with Gasteiger partial charge in [-0.05, 0) is 37.7 Å². The van der Waals surface area contributed by atoms with Crippen LogP contribution in [0.15, 0.2) is 35.3 Å². The number of hydrogen-bond donors (Lipinski definition) is 0. The highest BCUT2D eigenvalue weighted by Crippen LogP contribution is 2.34. The molecule has 1 aliphatic carbocycles. The summed E-state index contributed by atoms with van der Waals surface area (Å²) in [6, 6.07) is 8.38. The summed E-state index contributed by atoms with van der Waals surface area (Å²) in [4.78, 5) is 15.2. The summed E-state index contributed by atoms with van der Waals surface area (Å²) < 4.78 is 1.66. The molecule has 1 atom stereocenters. The zero-order valence-corrected chi connectivity index (χ0v) is 13.7. The predicted octanol–water partition coefficient (Wildman–Crippen LogP) is 3.40. The molecule has 4 heteroatoms. The smallest absolute Gasteiger partial charge is 0.275 e. The lowest BCUT2D eigenvalue weighted by Gasteiger charge is -2.34. The topological polar surface area (TPSA) is 38.1 Å². The molecular weight excluding hydrogens is 286 g/mol. The van der Waals surface area contributed by atoms with Crippen LogP contribution < -0.4 is 5.56 Å². The highest BCUT2D eigenvalue weighted by atomic mass is 16.1. The third-order valence-corrected chi connectivity index (χ3v) is 5.69. The van der Waals surface area contributed by atoms with Crippen molar-refractivity contribution in [2.75, 3.05) is 6.54 Å². The SMILES string of the molecule is O=c1c2ccccc2cnn1CN1CCC[C@H]1C1CCCCC1. The third-order valence-electron chi connectivity index (χ3n) is 5.69. The van der Waals surface area contributed by atoms with E-state index in [0.29, 0.717) is 12.7 Å². The summed E-state index contributed by atoms with van der Waals surface area (Å²) >= 11 is 0. The van der Waals surface area contributed by atoms with E-state index in [9.17, 15) is 4.79 Å². The first-order valence-corrected chi connectivity index (χ1v) is 9.02. The molecule has 4 nitrogen and oxygen atoms in total. The van der Waals surface area contributed by atoms with Gasteiger partial charge >= 0.3 is 0 Å². The predicted molar refractivity (Wildman–Crippen MR) is 92.3 cm³/mol. The van der Waals surface area contributed by atoms with E-state index < -0.39 is 0 Å². The van der Waals surface area contributed by atoms with Crippen molar-refractivity contribution in [2.24, 2.45) is 5.92 Å². The Morgan fingerprint density at radius 1 is 1.04 bits per heavy atom. The number of rotatable bonds is 3. The number of fused-ring (bicyclic) bond motifs is 1. The third kappa shape index (κ3) is 2.92. The molecule has 1 aliphatic heterocycles. The Morgan fingerprint density at radius 2 is 1.87 bits per heavy atom. The van der Waals surface area contributed by atoms with Crippen LogP contribution >= 0.6 is 0 Å². The van der Waals surface area contributed by atoms with Gasteiger partial charge < -0.3 is 0 Å². The summed E-state index contributed by atoms with van der Waals surface area (Å²) in [5.41, 5.74) is 0.0393. The van der Waals surface area contributed by atoms with Crippen LogP contribution in [0.25, 0.3) is 10.8 Å². The summed E-state index contributed by atoms with van der Waals surface area (Å²) in [5.74, 6) is 0.822. The van der Waals surface area contributed by atoms with Crippen molar-refractivity contribution < 1.29 is 0 Å². The summed E-state index contributed by atoms with van der Waals surface area (Å²) in [6.45, 7) is 1.74. The molecule has 2 heterocycles. The summed E-state index contributed by atoms with van der Waals surface area (Å²) in [6.07, 6.45) is 11.2. The van der Waals surface area contributed by atoms with Crippen LogP contribution in [0, 0.1) is 5.92 Å². The zero-order valence-electron chi connectivity index (χ0n) is 13.7. The minimum Gasteiger partial charge on any atom is -0.281 e. The lowest BCUT2D eigenvalue weighted by atomic mass is 9.83. The maximum absolute atomic E-state index is 12.7. The standard InChI is InChI=1S/C19H25N3O/c23-19-17-10-5-4-9-16(17)13-20-22(19)14-21-12-6-11-18(21)15-7-2-1-3-8-15/h4-5,9-10,13,15,18H,1-3,6-8,11-12,14H2/t18-/m0/s1. The van der Waals surface area contributed by atoms with Crippen LogP contribution in [0.5, 0.6) is 0 Å². The molecule has 0 bridgehead atoms. The number of likely N-dealkylation sites (tertiary alicyclic amines) is 1. The minimum atomic E-state index is 0.0393. The molecule has 2 aliphatic rings. The van der Waals surface area contributed by atoms with Crippen molar-refractivity contribution >= 4 is 10.8 Å². The molecule has 0 amide bonds. The van der Waals surface area contributed by atoms with Gasteiger partial charge in [-0.3, -0.25) is 9.69 Å². The van der Waals surface area contributed by atoms with E-state index in [-0.39, 0.29) is 5.56 Å². The van der Waals surface area contributed by atoms with E-state index in [1.807, 2.05) is 30.5 Å². The zero-order chi connectivity index (χ0) is 15.6. The first-order chi connectivity index (χ1) is 11.3. The molecule has 1 aromatic heterocycles. The maximum atomic E-state index is 12.7. The van der Waals surface area contributed by atoms with Crippen molar-refractivity contribution in [3.05, 3.63) is 40.8 Å². The van der Waals surface area contributed by atoms with Crippen LogP contribution in [0.3, 0.4) is 0 Å². The number of benzene rings is 1. The first-order valence-electron chi connectivity index (χ1n) is 9.02. The highest BCUT2D eigenvalue weighted by molar-refractivity contribution is 5.80. The average Bonchev–Trinajstić information content (AvgIpc) is 3.07. The van der Waals surface area contributed by atoms with Crippen molar-refractivity contribution in [2.45, 2.75) is 57.7 Å². The number of hydrogen-bond acceptors (Lipinski definition) is 3. The molecule has 23 heavy (non-hydrogen) atoms. The van der Waals surface area contributed by atoms with Crippen LogP contribution in [0.4, 0.5) is 0 Å². The fourth-order valence-electron chi connectivity index (χ4n) is 4.48. The van der Waals surface area contributed by atoms with Crippen molar-refractivity contribution in [1.29, 1.82) is 0 Å². The number of aromatic nitrogens is 2. The maximum Gasteiger partial charge on any atom is 0.275 e. The van der Waals surface area contributed by atoms with Crippen molar-refractivity contribution in [3.8, 4) is 0 Å². The van der Waals surface area contributed by atoms with E-state index in [2.05, 4.69) is 10.00 Å². The molecule has 1 aromatic carbocycles. The van der Waals surface area contributed by atoms with Crippen molar-refractivity contribution in [3.63, 3.8) is 0 Å². The van der Waals surface area contributed by atoms with Gasteiger partial charge in [-0.2, -0.15) is 5.10 Å². The van der Waals surface area contributed by atoms with Crippen molar-refractivity contribution in [1.82, 2.24) is 14.7 Å². The van der Waals surface area contributed by atoms with E-state index in [4.69, 9.17) is 0 Å². The minimum absolute atomic E-state index is 0.0393. The lowest BCUT2D eigenvalue weighted by molar-refractivity contribution is 0.119. The molecule has 0 N–H and O–H groups in total. The Morgan fingerprint density at radius 3 is 2.74 bits per heavy atom. The highest BCUT2D eigenvalue weighted by Gasteiger charge is 2.32. The van der Waals surface area contributed by atoms with Gasteiger partial charge in [0.15, 0.2) is 0 Å². The second-order valence-electron chi connectivity index (χ2n) is 7.10. The second kappa shape index (κ2) is 6.44.